The van der Waals surface area contributed by atoms with Crippen molar-refractivity contribution in [3.05, 3.63) is 0 Å². The second-order valence-electron chi connectivity index (χ2n) is 6.72. The van der Waals surface area contributed by atoms with E-state index in [1.54, 1.807) is 4.90 Å². The monoisotopic (exact) mass is 368 g/mol. The van der Waals surface area contributed by atoms with Gasteiger partial charge in [-0.25, -0.2) is 4.79 Å². The first-order chi connectivity index (χ1) is 11.5. The number of guanidine groups is 1. The van der Waals surface area contributed by atoms with Crippen molar-refractivity contribution < 1.29 is 27.4 Å². The van der Waals surface area contributed by atoms with Crippen LogP contribution in [0, 0.1) is 0 Å². The SMILES string of the molecule is CC(C)(C)OC(=O)N1CCN(C(N)=NCCCOCC(F)(F)F)CC1. The number of amides is 1. The highest BCUT2D eigenvalue weighted by Gasteiger charge is 2.27. The van der Waals surface area contributed by atoms with Crippen LogP contribution in [-0.2, 0) is 9.47 Å². The third-order valence-corrected chi connectivity index (χ3v) is 3.24. The van der Waals surface area contributed by atoms with E-state index in [0.717, 1.165) is 0 Å². The molecular weight excluding hydrogens is 341 g/mol. The van der Waals surface area contributed by atoms with Crippen molar-refractivity contribution in [2.24, 2.45) is 10.7 Å². The Morgan fingerprint density at radius 2 is 1.68 bits per heavy atom. The number of piperazine rings is 1. The second-order valence-corrected chi connectivity index (χ2v) is 6.72. The molecule has 1 rings (SSSR count). The quantitative estimate of drug-likeness (QED) is 0.455. The van der Waals surface area contributed by atoms with Gasteiger partial charge in [0, 0.05) is 39.3 Å². The summed E-state index contributed by atoms with van der Waals surface area (Å²) in [4.78, 5) is 19.5. The van der Waals surface area contributed by atoms with Gasteiger partial charge in [-0.2, -0.15) is 13.2 Å². The maximum Gasteiger partial charge on any atom is 0.411 e. The Balaban J connectivity index is 2.26. The summed E-state index contributed by atoms with van der Waals surface area (Å²) in [6.07, 6.45) is -4.31. The first kappa shape index (κ1) is 21.3. The standard InChI is InChI=1S/C15H27F3N4O3/c1-14(2,3)25-13(23)22-8-6-21(7-9-22)12(19)20-5-4-10-24-11-15(16,17)18/h4-11H2,1-3H3,(H2,19,20). The van der Waals surface area contributed by atoms with Gasteiger partial charge >= 0.3 is 12.3 Å². The first-order valence-electron chi connectivity index (χ1n) is 8.15. The smallest absolute Gasteiger partial charge is 0.411 e. The molecule has 0 aliphatic carbocycles. The summed E-state index contributed by atoms with van der Waals surface area (Å²) in [6.45, 7) is 6.44. The molecule has 0 aromatic heterocycles. The van der Waals surface area contributed by atoms with Crippen LogP contribution in [0.1, 0.15) is 27.2 Å². The Morgan fingerprint density at radius 1 is 1.12 bits per heavy atom. The molecule has 146 valence electrons. The van der Waals surface area contributed by atoms with Gasteiger partial charge in [-0.3, -0.25) is 4.99 Å². The van der Waals surface area contributed by atoms with E-state index in [4.69, 9.17) is 10.5 Å². The zero-order valence-electron chi connectivity index (χ0n) is 14.9. The van der Waals surface area contributed by atoms with Gasteiger partial charge in [0.25, 0.3) is 0 Å². The maximum atomic E-state index is 12.0. The lowest BCUT2D eigenvalue weighted by Gasteiger charge is -2.36. The molecule has 0 unspecified atom stereocenters. The summed E-state index contributed by atoms with van der Waals surface area (Å²) >= 11 is 0. The maximum absolute atomic E-state index is 12.0. The zero-order chi connectivity index (χ0) is 19.1. The topological polar surface area (TPSA) is 80.4 Å². The van der Waals surface area contributed by atoms with Crippen LogP contribution in [0.3, 0.4) is 0 Å². The Kier molecular flexibility index (Phi) is 7.78. The van der Waals surface area contributed by atoms with Gasteiger partial charge < -0.3 is 25.0 Å². The molecule has 2 N–H and O–H groups in total. The molecule has 1 amide bonds. The fraction of sp³-hybridized carbons (Fsp3) is 0.867. The number of hydrogen-bond acceptors (Lipinski definition) is 4. The fourth-order valence-corrected chi connectivity index (χ4v) is 2.09. The van der Waals surface area contributed by atoms with Crippen LogP contribution in [0.4, 0.5) is 18.0 Å². The lowest BCUT2D eigenvalue weighted by molar-refractivity contribution is -0.173. The number of halogens is 3. The molecule has 0 aromatic carbocycles. The minimum absolute atomic E-state index is 0.0251. The molecule has 25 heavy (non-hydrogen) atoms. The van der Waals surface area contributed by atoms with Crippen molar-refractivity contribution in [1.82, 2.24) is 9.80 Å². The van der Waals surface area contributed by atoms with Gasteiger partial charge in [0.15, 0.2) is 5.96 Å². The Bertz CT molecular complexity index is 456. The number of ether oxygens (including phenoxy) is 2. The first-order valence-corrected chi connectivity index (χ1v) is 8.15. The molecule has 1 aliphatic rings. The van der Waals surface area contributed by atoms with E-state index in [1.807, 2.05) is 25.7 Å². The highest BCUT2D eigenvalue weighted by atomic mass is 19.4. The van der Waals surface area contributed by atoms with Crippen LogP contribution < -0.4 is 5.73 Å². The molecular formula is C15H27F3N4O3. The summed E-state index contributed by atoms with van der Waals surface area (Å²) in [5.74, 6) is 0.319. The van der Waals surface area contributed by atoms with Crippen LogP contribution in [-0.4, -0.2) is 79.6 Å². The van der Waals surface area contributed by atoms with Crippen molar-refractivity contribution in [3.8, 4) is 0 Å². The van der Waals surface area contributed by atoms with Gasteiger partial charge in [-0.15, -0.1) is 0 Å². The summed E-state index contributed by atoms with van der Waals surface area (Å²) in [6, 6.07) is 0. The second kappa shape index (κ2) is 9.12. The van der Waals surface area contributed by atoms with E-state index in [1.165, 1.54) is 0 Å². The lowest BCUT2D eigenvalue weighted by atomic mass is 10.2. The highest BCUT2D eigenvalue weighted by Crippen LogP contribution is 2.14. The van der Waals surface area contributed by atoms with Crippen molar-refractivity contribution in [2.45, 2.75) is 39.0 Å². The van der Waals surface area contributed by atoms with E-state index in [-0.39, 0.29) is 19.2 Å². The van der Waals surface area contributed by atoms with Crippen LogP contribution in [0.2, 0.25) is 0 Å². The third-order valence-electron chi connectivity index (χ3n) is 3.24. The average molecular weight is 368 g/mol. The normalized spacial score (nSPS) is 17.0. The zero-order valence-corrected chi connectivity index (χ0v) is 14.9. The summed E-state index contributed by atoms with van der Waals surface area (Å²) in [5, 5.41) is 0. The van der Waals surface area contributed by atoms with Crippen molar-refractivity contribution in [1.29, 1.82) is 0 Å². The van der Waals surface area contributed by atoms with Gasteiger partial charge in [-0.1, -0.05) is 0 Å². The Morgan fingerprint density at radius 3 is 2.20 bits per heavy atom. The largest absolute Gasteiger partial charge is 0.444 e. The van der Waals surface area contributed by atoms with Crippen LogP contribution in [0.25, 0.3) is 0 Å². The molecule has 0 radical (unpaired) electrons. The van der Waals surface area contributed by atoms with Gasteiger partial charge in [0.2, 0.25) is 0 Å². The number of aliphatic imine (C=N–C) groups is 1. The Labute approximate surface area is 145 Å². The molecule has 0 bridgehead atoms. The molecule has 0 atom stereocenters. The summed E-state index contributed by atoms with van der Waals surface area (Å²) in [7, 11) is 0. The number of rotatable bonds is 5. The molecule has 1 saturated heterocycles. The molecule has 7 nitrogen and oxygen atoms in total. The summed E-state index contributed by atoms with van der Waals surface area (Å²) in [5.41, 5.74) is 5.34. The van der Waals surface area contributed by atoms with Crippen molar-refractivity contribution in [2.75, 3.05) is 45.9 Å². The summed E-state index contributed by atoms with van der Waals surface area (Å²) < 4.78 is 45.5. The average Bonchev–Trinajstić information content (AvgIpc) is 2.48. The van der Waals surface area contributed by atoms with Crippen LogP contribution in [0.15, 0.2) is 4.99 Å². The van der Waals surface area contributed by atoms with E-state index in [2.05, 4.69) is 9.73 Å². The van der Waals surface area contributed by atoms with E-state index < -0.39 is 18.4 Å². The van der Waals surface area contributed by atoms with E-state index >= 15 is 0 Å². The molecule has 10 heteroatoms. The molecule has 1 fully saturated rings. The van der Waals surface area contributed by atoms with Gasteiger partial charge in [-0.05, 0) is 27.2 Å². The number of carbonyl (C=O) groups excluding carboxylic acids is 1. The predicted octanol–water partition coefficient (Wildman–Crippen LogP) is 1.82. The Hall–Kier alpha value is -1.71. The molecule has 0 spiro atoms. The third kappa shape index (κ3) is 9.37. The number of nitrogens with two attached hydrogens (primary N) is 1. The van der Waals surface area contributed by atoms with Crippen molar-refractivity contribution in [3.63, 3.8) is 0 Å². The molecule has 0 saturated carbocycles. The molecule has 1 aliphatic heterocycles. The number of hydrogen-bond donors (Lipinski definition) is 1. The lowest BCUT2D eigenvalue weighted by Crippen LogP contribution is -2.53. The van der Waals surface area contributed by atoms with E-state index in [0.29, 0.717) is 38.6 Å². The number of carbonyl (C=O) groups is 1. The van der Waals surface area contributed by atoms with Gasteiger partial charge in [0.05, 0.1) is 0 Å². The van der Waals surface area contributed by atoms with E-state index in [9.17, 15) is 18.0 Å². The minimum atomic E-state index is -4.31. The minimum Gasteiger partial charge on any atom is -0.444 e. The number of nitrogens with zero attached hydrogens (tertiary/aromatic N) is 3. The highest BCUT2D eigenvalue weighted by molar-refractivity contribution is 5.78. The number of alkyl halides is 3. The van der Waals surface area contributed by atoms with Crippen LogP contribution in [0.5, 0.6) is 0 Å². The molecule has 1 heterocycles. The van der Waals surface area contributed by atoms with Crippen molar-refractivity contribution >= 4 is 12.1 Å². The molecule has 0 aromatic rings. The van der Waals surface area contributed by atoms with Crippen LogP contribution >= 0.6 is 0 Å². The van der Waals surface area contributed by atoms with Gasteiger partial charge in [0.1, 0.15) is 12.2 Å². The fourth-order valence-electron chi connectivity index (χ4n) is 2.09. The predicted molar refractivity (Wildman–Crippen MR) is 87.4 cm³/mol.